The van der Waals surface area contributed by atoms with Gasteiger partial charge in [-0.25, -0.2) is 8.42 Å². The van der Waals surface area contributed by atoms with Gasteiger partial charge in [0.1, 0.15) is 0 Å². The minimum Gasteiger partial charge on any atom is -0.354 e. The maximum atomic E-state index is 12.9. The average Bonchev–Trinajstić information content (AvgIpc) is 3.53. The molecule has 1 unspecified atom stereocenters. The van der Waals surface area contributed by atoms with Crippen molar-refractivity contribution in [1.29, 1.82) is 0 Å². The van der Waals surface area contributed by atoms with E-state index in [9.17, 15) is 13.2 Å². The lowest BCUT2D eigenvalue weighted by atomic mass is 9.99. The summed E-state index contributed by atoms with van der Waals surface area (Å²) < 4.78 is 27.3. The van der Waals surface area contributed by atoms with Gasteiger partial charge in [0.25, 0.3) is 0 Å². The molecule has 29 heavy (non-hydrogen) atoms. The van der Waals surface area contributed by atoms with Crippen LogP contribution in [0.15, 0.2) is 70.5 Å². The number of sulfonamides is 1. The Morgan fingerprint density at radius 3 is 2.38 bits per heavy atom. The third-order valence-corrected chi connectivity index (χ3v) is 8.98. The van der Waals surface area contributed by atoms with Crippen LogP contribution in [0.4, 0.5) is 0 Å². The van der Waals surface area contributed by atoms with Crippen LogP contribution in [-0.2, 0) is 14.8 Å². The molecule has 7 heteroatoms. The molecule has 1 saturated carbocycles. The van der Waals surface area contributed by atoms with Gasteiger partial charge in [-0.3, -0.25) is 4.79 Å². The van der Waals surface area contributed by atoms with Gasteiger partial charge < -0.3 is 5.32 Å². The van der Waals surface area contributed by atoms with Crippen molar-refractivity contribution in [2.75, 3.05) is 19.6 Å². The fourth-order valence-electron chi connectivity index (χ4n) is 3.70. The second-order valence-corrected chi connectivity index (χ2v) is 11.3. The number of nitrogens with zero attached hydrogens (tertiary/aromatic N) is 1. The molecule has 4 rings (SSSR count). The van der Waals surface area contributed by atoms with Crippen molar-refractivity contribution in [3.8, 4) is 0 Å². The average molecular weight is 431 g/mol. The lowest BCUT2D eigenvalue weighted by molar-refractivity contribution is -0.126. The Labute approximate surface area is 176 Å². The second-order valence-electron chi connectivity index (χ2n) is 7.83. The van der Waals surface area contributed by atoms with Crippen LogP contribution in [0.1, 0.15) is 25.7 Å². The molecular weight excluding hydrogens is 404 g/mol. The predicted molar refractivity (Wildman–Crippen MR) is 115 cm³/mol. The molecule has 1 amide bonds. The smallest absolute Gasteiger partial charge is 0.243 e. The summed E-state index contributed by atoms with van der Waals surface area (Å²) in [4.78, 5) is 14.3. The summed E-state index contributed by atoms with van der Waals surface area (Å²) in [6.45, 7) is 1.35. The van der Waals surface area contributed by atoms with E-state index in [1.165, 1.54) is 9.20 Å². The third kappa shape index (κ3) is 4.85. The predicted octanol–water partition coefficient (Wildman–Crippen LogP) is 3.53. The summed E-state index contributed by atoms with van der Waals surface area (Å²) in [5, 5.41) is 3.11. The molecule has 1 N–H and O–H groups in total. The molecule has 0 aromatic heterocycles. The minimum absolute atomic E-state index is 0.0297. The zero-order valence-electron chi connectivity index (χ0n) is 16.3. The van der Waals surface area contributed by atoms with Crippen LogP contribution >= 0.6 is 11.8 Å². The Bertz CT molecular complexity index is 945. The van der Waals surface area contributed by atoms with Crippen molar-refractivity contribution in [3.05, 3.63) is 60.7 Å². The first-order valence-corrected chi connectivity index (χ1v) is 12.3. The monoisotopic (exact) mass is 430 g/mol. The first-order chi connectivity index (χ1) is 14.0. The summed E-state index contributed by atoms with van der Waals surface area (Å²) in [5.41, 5.74) is 0. The number of thioether (sulfide) groups is 1. The molecule has 0 bridgehead atoms. The fourth-order valence-corrected chi connectivity index (χ4v) is 6.49. The van der Waals surface area contributed by atoms with Crippen LogP contribution in [0.5, 0.6) is 0 Å². The van der Waals surface area contributed by atoms with Crippen molar-refractivity contribution in [3.63, 3.8) is 0 Å². The molecule has 0 spiro atoms. The Kier molecular flexibility index (Phi) is 5.99. The minimum atomic E-state index is -3.55. The van der Waals surface area contributed by atoms with Gasteiger partial charge in [0.15, 0.2) is 0 Å². The normalized spacial score (nSPS) is 21.4. The fraction of sp³-hybridized carbons (Fsp3) is 0.409. The van der Waals surface area contributed by atoms with Crippen molar-refractivity contribution >= 4 is 27.7 Å². The van der Waals surface area contributed by atoms with Crippen molar-refractivity contribution in [2.45, 2.75) is 40.2 Å². The summed E-state index contributed by atoms with van der Waals surface area (Å²) in [5.74, 6) is -0.322. The van der Waals surface area contributed by atoms with E-state index in [1.54, 1.807) is 30.3 Å². The van der Waals surface area contributed by atoms with E-state index in [4.69, 9.17) is 0 Å². The van der Waals surface area contributed by atoms with E-state index in [1.807, 2.05) is 30.0 Å². The van der Waals surface area contributed by atoms with Gasteiger partial charge in [-0.1, -0.05) is 36.4 Å². The molecule has 2 fully saturated rings. The van der Waals surface area contributed by atoms with E-state index in [0.29, 0.717) is 19.5 Å². The van der Waals surface area contributed by atoms with Crippen LogP contribution in [0.2, 0.25) is 0 Å². The lowest BCUT2D eigenvalue weighted by Gasteiger charge is -2.31. The number of amides is 1. The highest BCUT2D eigenvalue weighted by Crippen LogP contribution is 2.51. The molecular formula is C22H26N2O3S2. The maximum absolute atomic E-state index is 12.9. The molecule has 1 heterocycles. The summed E-state index contributed by atoms with van der Waals surface area (Å²) in [6, 6.07) is 18.7. The number of carbonyl (C=O) groups excluding carboxylic acids is 1. The number of hydrogen-bond acceptors (Lipinski definition) is 4. The molecule has 2 aliphatic rings. The first-order valence-electron chi connectivity index (χ1n) is 10.1. The Morgan fingerprint density at radius 1 is 1.07 bits per heavy atom. The molecule has 5 nitrogen and oxygen atoms in total. The zero-order chi connectivity index (χ0) is 20.3. The molecule has 2 aromatic carbocycles. The van der Waals surface area contributed by atoms with Gasteiger partial charge in [0.05, 0.1) is 10.8 Å². The number of carbonyl (C=O) groups is 1. The van der Waals surface area contributed by atoms with Gasteiger partial charge in [-0.15, -0.1) is 11.8 Å². The third-order valence-electron chi connectivity index (χ3n) is 5.61. The second kappa shape index (κ2) is 8.50. The quantitative estimate of drug-likeness (QED) is 0.730. The Hall–Kier alpha value is -1.83. The van der Waals surface area contributed by atoms with E-state index in [2.05, 4.69) is 17.4 Å². The number of nitrogens with one attached hydrogen (secondary N) is 1. The molecule has 2 aromatic rings. The van der Waals surface area contributed by atoms with Gasteiger partial charge in [-0.05, 0) is 49.9 Å². The summed E-state index contributed by atoms with van der Waals surface area (Å²) >= 11 is 1.83. The molecule has 154 valence electrons. The molecule has 1 saturated heterocycles. The van der Waals surface area contributed by atoms with Gasteiger partial charge in [0.2, 0.25) is 15.9 Å². The molecule has 1 atom stereocenters. The Morgan fingerprint density at radius 2 is 1.72 bits per heavy atom. The highest BCUT2D eigenvalue weighted by atomic mass is 32.2. The van der Waals surface area contributed by atoms with Crippen molar-refractivity contribution in [2.24, 2.45) is 5.92 Å². The van der Waals surface area contributed by atoms with Crippen LogP contribution in [0.3, 0.4) is 0 Å². The number of piperidine rings is 1. The highest BCUT2D eigenvalue weighted by molar-refractivity contribution is 8.01. The van der Waals surface area contributed by atoms with Gasteiger partial charge >= 0.3 is 0 Å². The molecule has 0 radical (unpaired) electrons. The van der Waals surface area contributed by atoms with E-state index in [-0.39, 0.29) is 28.0 Å². The summed E-state index contributed by atoms with van der Waals surface area (Å²) in [7, 11) is -3.55. The zero-order valence-corrected chi connectivity index (χ0v) is 17.9. The van der Waals surface area contributed by atoms with Gasteiger partial charge in [0, 0.05) is 29.3 Å². The number of rotatable bonds is 7. The largest absolute Gasteiger partial charge is 0.354 e. The van der Waals surface area contributed by atoms with E-state index in [0.717, 1.165) is 19.3 Å². The first kappa shape index (κ1) is 20.4. The Balaban J connectivity index is 1.35. The lowest BCUT2D eigenvalue weighted by Crippen LogP contribution is -2.46. The maximum Gasteiger partial charge on any atom is 0.243 e. The van der Waals surface area contributed by atoms with Crippen LogP contribution in [0, 0.1) is 5.92 Å². The molecule has 1 aliphatic heterocycles. The topological polar surface area (TPSA) is 66.5 Å². The van der Waals surface area contributed by atoms with Crippen LogP contribution in [0.25, 0.3) is 0 Å². The molecule has 1 aliphatic carbocycles. The summed E-state index contributed by atoms with van der Waals surface area (Å²) in [6.07, 6.45) is 3.61. The highest BCUT2D eigenvalue weighted by Gasteiger charge is 2.44. The van der Waals surface area contributed by atoms with Crippen LogP contribution in [-0.4, -0.2) is 43.0 Å². The number of hydrogen-bond donors (Lipinski definition) is 1. The standard InChI is InChI=1S/C22H26N2O3S2/c25-21(23-17-22(13-14-22)28-19-9-3-1-4-10-19)18-8-7-15-24(16-18)29(26,27)20-11-5-2-6-12-20/h1-6,9-12,18H,7-8,13-17H2,(H,23,25). The van der Waals surface area contributed by atoms with Gasteiger partial charge in [-0.2, -0.15) is 4.31 Å². The van der Waals surface area contributed by atoms with Crippen molar-refractivity contribution < 1.29 is 13.2 Å². The van der Waals surface area contributed by atoms with Crippen LogP contribution < -0.4 is 5.32 Å². The SMILES string of the molecule is O=C(NCC1(Sc2ccccc2)CC1)C1CCCN(S(=O)(=O)c2ccccc2)C1. The van der Waals surface area contributed by atoms with E-state index >= 15 is 0 Å². The van der Waals surface area contributed by atoms with E-state index < -0.39 is 10.0 Å². The number of benzene rings is 2. The van der Waals surface area contributed by atoms with Crippen molar-refractivity contribution in [1.82, 2.24) is 9.62 Å².